The summed E-state index contributed by atoms with van der Waals surface area (Å²) in [4.78, 5) is 0. The van der Waals surface area contributed by atoms with Crippen molar-refractivity contribution in [3.8, 4) is 0 Å². The highest BCUT2D eigenvalue weighted by Gasteiger charge is 2.35. The fourth-order valence-corrected chi connectivity index (χ4v) is 17.1. The Kier molecular flexibility index (Phi) is 27.3. The van der Waals surface area contributed by atoms with Crippen LogP contribution in [0, 0.1) is 52.8 Å². The minimum atomic E-state index is 0.811. The molecular weight excluding hydrogens is 973 g/mol. The summed E-state index contributed by atoms with van der Waals surface area (Å²) in [6.45, 7) is 14.3. The maximum Gasteiger partial charge on any atom is 0.0211 e. The summed E-state index contributed by atoms with van der Waals surface area (Å²) in [6.07, 6.45) is 53.2. The van der Waals surface area contributed by atoms with Gasteiger partial charge in [-0.25, -0.2) is 0 Å². The SMILES string of the molecule is C1=CCNCC1.C1CC2CCC1C2.C1CC2CNCC2C1.C1CCC2(C1)CCNCC2.C1CCC2CCCCC2C1.C1CCC2CNCCC2C1.c1ccc2c(c1)CCCC2.c1ccc2c(c1)CCNC2.c1ccc2c(c1)CNC2. The van der Waals surface area contributed by atoms with Gasteiger partial charge in [-0.15, -0.1) is 0 Å². The largest absolute Gasteiger partial charge is 0.317 e. The van der Waals surface area contributed by atoms with Gasteiger partial charge in [0.25, 0.3) is 0 Å². The van der Waals surface area contributed by atoms with Gasteiger partial charge in [0.1, 0.15) is 0 Å². The van der Waals surface area contributed by atoms with Gasteiger partial charge in [0.05, 0.1) is 0 Å². The van der Waals surface area contributed by atoms with Gasteiger partial charge in [-0.2, -0.15) is 0 Å². The van der Waals surface area contributed by atoms with Gasteiger partial charge in [-0.05, 0) is 235 Å². The molecule has 8 aliphatic carbocycles. The molecule has 3 aromatic carbocycles. The van der Waals surface area contributed by atoms with Gasteiger partial charge in [-0.3, -0.25) is 0 Å². The van der Waals surface area contributed by atoms with Gasteiger partial charge in [-0.1, -0.05) is 201 Å². The summed E-state index contributed by atoms with van der Waals surface area (Å²) >= 11 is 0. The van der Waals surface area contributed by atoms with Crippen molar-refractivity contribution in [2.45, 2.75) is 232 Å². The summed E-state index contributed by atoms with van der Waals surface area (Å²) in [5, 5.41) is 20.2. The predicted molar refractivity (Wildman–Crippen MR) is 342 cm³/mol. The molecule has 6 heteroatoms. The predicted octanol–water partition coefficient (Wildman–Crippen LogP) is 16.0. The van der Waals surface area contributed by atoms with E-state index in [1.165, 1.54) is 227 Å². The molecule has 17 rings (SSSR count). The first-order chi connectivity index (χ1) is 39.7. The van der Waals surface area contributed by atoms with Crippen LogP contribution >= 0.6 is 0 Å². The van der Waals surface area contributed by atoms with Gasteiger partial charge in [0.15, 0.2) is 0 Å². The molecule has 0 aromatic heterocycles. The molecule has 7 saturated carbocycles. The van der Waals surface area contributed by atoms with Crippen LogP contribution in [0.2, 0.25) is 0 Å². The fraction of sp³-hybridized carbons (Fsp3) is 0.730. The Hall–Kier alpha value is -2.84. The smallest absolute Gasteiger partial charge is 0.0211 e. The third kappa shape index (κ3) is 20.7. The van der Waals surface area contributed by atoms with Crippen LogP contribution in [0.4, 0.5) is 0 Å². The fourth-order valence-electron chi connectivity index (χ4n) is 17.1. The summed E-state index contributed by atoms with van der Waals surface area (Å²) in [7, 11) is 0. The van der Waals surface area contributed by atoms with E-state index in [9.17, 15) is 0 Å². The van der Waals surface area contributed by atoms with Crippen molar-refractivity contribution >= 4 is 0 Å². The number of rotatable bonds is 0. The maximum absolute atomic E-state index is 3.48. The lowest BCUT2D eigenvalue weighted by molar-refractivity contribution is 0.171. The van der Waals surface area contributed by atoms with Crippen LogP contribution in [0.25, 0.3) is 0 Å². The van der Waals surface area contributed by atoms with E-state index in [1.54, 1.807) is 68.9 Å². The highest BCUT2D eigenvalue weighted by atomic mass is 14.9. The number of hydrogen-bond acceptors (Lipinski definition) is 6. The van der Waals surface area contributed by atoms with Crippen molar-refractivity contribution in [3.63, 3.8) is 0 Å². The molecule has 6 heterocycles. The van der Waals surface area contributed by atoms with E-state index in [4.69, 9.17) is 0 Å². The van der Waals surface area contributed by atoms with Crippen molar-refractivity contribution in [1.29, 1.82) is 0 Å². The molecule has 1 spiro atoms. The van der Waals surface area contributed by atoms with Crippen LogP contribution in [0.15, 0.2) is 84.9 Å². The van der Waals surface area contributed by atoms with Crippen molar-refractivity contribution in [2.75, 3.05) is 58.9 Å². The van der Waals surface area contributed by atoms with Crippen LogP contribution < -0.4 is 31.9 Å². The molecule has 3 saturated heterocycles. The highest BCUT2D eigenvalue weighted by Crippen LogP contribution is 2.45. The number of fused-ring (bicyclic) bond motifs is 8. The second-order valence-corrected chi connectivity index (χ2v) is 27.6. The van der Waals surface area contributed by atoms with E-state index in [0.29, 0.717) is 0 Å². The standard InChI is InChI=1S/C10H18.C10H12.2C9H17N.C9H11N.C8H9N.C7H13N.C7H12.C5H9N/c2*1-2-6-10-8-4-3-7-9(10)5-1;1-2-4-9(3-1)5-7-10-8-6-9;2*1-2-4-9-7-10-6-5-8(9)3-1;1-2-4-8-6-9-5-7(8)3-1;1-2-6-4-8-5-7(6)3-1;1-2-7-4-3-6(1)5-7;1-2-4-6-5-3-1/h9-10H,1-8H2;1-2,5-6H,3-4,7-8H2;10H,1-8H2;8-10H,1-7H2;1-4,10H,5-7H2;1-4,9H,5-6H2;6-8H,1-5H2;6-7H,1-5H2;1-2,6H,3-5H2. The topological polar surface area (TPSA) is 72.2 Å². The maximum atomic E-state index is 3.48. The van der Waals surface area contributed by atoms with Crippen molar-refractivity contribution in [2.24, 2.45) is 52.8 Å². The number of piperidine rings is 2. The minimum absolute atomic E-state index is 0.811. The van der Waals surface area contributed by atoms with Gasteiger partial charge in [0.2, 0.25) is 0 Å². The third-order valence-corrected chi connectivity index (χ3v) is 22.2. The zero-order chi connectivity index (χ0) is 54.5. The molecule has 4 atom stereocenters. The molecule has 3 aromatic rings. The van der Waals surface area contributed by atoms with Gasteiger partial charge >= 0.3 is 0 Å². The number of nitrogens with one attached hydrogen (secondary N) is 6. The minimum Gasteiger partial charge on any atom is -0.317 e. The second-order valence-electron chi connectivity index (χ2n) is 27.6. The third-order valence-electron chi connectivity index (χ3n) is 22.2. The molecule has 2 bridgehead atoms. The number of aryl methyl sites for hydroxylation is 2. The summed E-state index contributed by atoms with van der Waals surface area (Å²) in [5.41, 5.74) is 9.86. The molecule has 444 valence electrons. The summed E-state index contributed by atoms with van der Waals surface area (Å²) < 4.78 is 0. The number of benzene rings is 3. The van der Waals surface area contributed by atoms with Crippen molar-refractivity contribution in [1.82, 2.24) is 31.9 Å². The van der Waals surface area contributed by atoms with E-state index < -0.39 is 0 Å². The lowest BCUT2D eigenvalue weighted by Crippen LogP contribution is -2.38. The number of hydrogen-bond donors (Lipinski definition) is 6. The first-order valence-corrected chi connectivity index (χ1v) is 34.8. The zero-order valence-electron chi connectivity index (χ0n) is 51.0. The molecular formula is C74H118N6. The summed E-state index contributed by atoms with van der Waals surface area (Å²) in [5.74, 6) is 8.92. The zero-order valence-corrected chi connectivity index (χ0v) is 51.0. The quantitative estimate of drug-likeness (QED) is 0.126. The van der Waals surface area contributed by atoms with Crippen LogP contribution in [0.5, 0.6) is 0 Å². The van der Waals surface area contributed by atoms with Crippen molar-refractivity contribution < 1.29 is 0 Å². The monoisotopic (exact) mass is 1090 g/mol. The van der Waals surface area contributed by atoms with E-state index in [-0.39, 0.29) is 0 Å². The van der Waals surface area contributed by atoms with Crippen LogP contribution in [-0.4, -0.2) is 58.9 Å². The Balaban J connectivity index is 0.000000109. The Morgan fingerprint density at radius 3 is 1.20 bits per heavy atom. The average Bonchev–Trinajstić information content (AvgIpc) is 4.45. The lowest BCUT2D eigenvalue weighted by Gasteiger charge is -2.35. The highest BCUT2D eigenvalue weighted by molar-refractivity contribution is 5.30. The molecule has 10 fully saturated rings. The van der Waals surface area contributed by atoms with Crippen molar-refractivity contribution in [3.05, 3.63) is 118 Å². The molecule has 4 unspecified atom stereocenters. The Bertz CT molecular complexity index is 1900. The van der Waals surface area contributed by atoms with Gasteiger partial charge in [0, 0.05) is 26.2 Å². The molecule has 6 nitrogen and oxygen atoms in total. The van der Waals surface area contributed by atoms with E-state index in [2.05, 4.69) is 117 Å². The normalized spacial score (nSPS) is 30.2. The molecule has 0 radical (unpaired) electrons. The van der Waals surface area contributed by atoms with E-state index in [1.807, 2.05) is 0 Å². The first kappa shape index (κ1) is 61.7. The molecule has 80 heavy (non-hydrogen) atoms. The van der Waals surface area contributed by atoms with Crippen LogP contribution in [-0.2, 0) is 38.9 Å². The molecule has 0 amide bonds. The Morgan fingerprint density at radius 2 is 0.750 bits per heavy atom. The van der Waals surface area contributed by atoms with Crippen LogP contribution in [0.1, 0.15) is 226 Å². The molecule has 6 aliphatic heterocycles. The molecule has 14 aliphatic rings. The molecule has 6 N–H and O–H groups in total. The van der Waals surface area contributed by atoms with E-state index in [0.717, 1.165) is 80.2 Å². The van der Waals surface area contributed by atoms with Gasteiger partial charge < -0.3 is 31.9 Å². The second kappa shape index (κ2) is 35.5. The summed E-state index contributed by atoms with van der Waals surface area (Å²) in [6, 6.07) is 26.0. The van der Waals surface area contributed by atoms with E-state index >= 15 is 0 Å². The Morgan fingerprint density at radius 1 is 0.300 bits per heavy atom. The Labute approximate surface area is 491 Å². The first-order valence-electron chi connectivity index (χ1n) is 34.8. The lowest BCUT2D eigenvalue weighted by atomic mass is 9.71. The van der Waals surface area contributed by atoms with Crippen LogP contribution in [0.3, 0.4) is 0 Å². The average molecular weight is 1090 g/mol.